The first-order chi connectivity index (χ1) is 6.16. The normalized spacial score (nSPS) is 14.7. The Bertz CT molecular complexity index is 387. The second kappa shape index (κ2) is 3.29. The van der Waals surface area contributed by atoms with Crippen LogP contribution in [0, 0.1) is 0 Å². The molecule has 0 fully saturated rings. The van der Waals surface area contributed by atoms with Crippen LogP contribution in [0.2, 0.25) is 5.02 Å². The summed E-state index contributed by atoms with van der Waals surface area (Å²) in [6.07, 6.45) is 0. The van der Waals surface area contributed by atoms with Crippen molar-refractivity contribution in [2.24, 2.45) is 0 Å². The van der Waals surface area contributed by atoms with Crippen LogP contribution >= 0.6 is 34.8 Å². The van der Waals surface area contributed by atoms with Crippen molar-refractivity contribution in [1.82, 2.24) is 0 Å². The van der Waals surface area contributed by atoms with Crippen LogP contribution in [0.25, 0.3) is 0 Å². The predicted octanol–water partition coefficient (Wildman–Crippen LogP) is 3.72. The molecule has 68 valence electrons. The molecule has 0 saturated carbocycles. The fourth-order valence-electron chi connectivity index (χ4n) is 0.919. The molecule has 0 unspecified atom stereocenters. The maximum Gasteiger partial charge on any atom is 0.248 e. The Morgan fingerprint density at radius 2 is 1.46 bits per heavy atom. The molecule has 0 saturated heterocycles. The van der Waals surface area contributed by atoms with Crippen LogP contribution in [0.3, 0.4) is 0 Å². The summed E-state index contributed by atoms with van der Waals surface area (Å²) < 4.78 is 10.3. The summed E-state index contributed by atoms with van der Waals surface area (Å²) in [4.78, 5) is 0. The summed E-state index contributed by atoms with van der Waals surface area (Å²) in [5.74, 6) is 0.959. The Kier molecular flexibility index (Phi) is 2.28. The van der Waals surface area contributed by atoms with E-state index in [-0.39, 0.29) is 10.4 Å². The largest absolute Gasteiger partial charge is 0.437 e. The van der Waals surface area contributed by atoms with Crippen LogP contribution in [0.4, 0.5) is 0 Å². The molecule has 2 rings (SSSR count). The summed E-state index contributed by atoms with van der Waals surface area (Å²) in [6, 6.07) is 4.93. The van der Waals surface area contributed by atoms with Gasteiger partial charge in [-0.3, -0.25) is 0 Å². The lowest BCUT2D eigenvalue weighted by Crippen LogP contribution is -2.04. The van der Waals surface area contributed by atoms with Gasteiger partial charge in [0, 0.05) is 11.1 Å². The number of rotatable bonds is 0. The summed E-state index contributed by atoms with van der Waals surface area (Å²) in [5.41, 5.74) is 0. The van der Waals surface area contributed by atoms with E-state index in [1.807, 2.05) is 0 Å². The van der Waals surface area contributed by atoms with Gasteiger partial charge in [-0.25, -0.2) is 0 Å². The van der Waals surface area contributed by atoms with Gasteiger partial charge in [0.1, 0.15) is 0 Å². The van der Waals surface area contributed by atoms with Gasteiger partial charge in [-0.15, -0.1) is 0 Å². The van der Waals surface area contributed by atoms with Gasteiger partial charge in [0.15, 0.2) is 11.5 Å². The number of hydrogen-bond donors (Lipinski definition) is 0. The molecule has 0 amide bonds. The molecule has 5 heteroatoms. The van der Waals surface area contributed by atoms with Crippen molar-refractivity contribution in [3.05, 3.63) is 33.7 Å². The van der Waals surface area contributed by atoms with Crippen LogP contribution in [0.1, 0.15) is 0 Å². The molecule has 0 radical (unpaired) electrons. The highest BCUT2D eigenvalue weighted by Gasteiger charge is 2.18. The highest BCUT2D eigenvalue weighted by Crippen LogP contribution is 2.38. The van der Waals surface area contributed by atoms with Crippen molar-refractivity contribution in [3.8, 4) is 11.5 Å². The minimum absolute atomic E-state index is 0.0106. The zero-order valence-corrected chi connectivity index (χ0v) is 8.45. The Morgan fingerprint density at radius 1 is 0.846 bits per heavy atom. The van der Waals surface area contributed by atoms with Crippen molar-refractivity contribution in [2.45, 2.75) is 0 Å². The molecule has 1 aliphatic rings. The van der Waals surface area contributed by atoms with Crippen molar-refractivity contribution in [1.29, 1.82) is 0 Å². The number of halogens is 3. The van der Waals surface area contributed by atoms with Crippen LogP contribution < -0.4 is 9.47 Å². The van der Waals surface area contributed by atoms with Gasteiger partial charge >= 0.3 is 0 Å². The van der Waals surface area contributed by atoms with Crippen molar-refractivity contribution in [3.63, 3.8) is 0 Å². The van der Waals surface area contributed by atoms with Gasteiger partial charge in [0.2, 0.25) is 10.4 Å². The lowest BCUT2D eigenvalue weighted by molar-refractivity contribution is 0.338. The Morgan fingerprint density at radius 3 is 2.15 bits per heavy atom. The maximum absolute atomic E-state index is 5.73. The Balaban J connectivity index is 2.44. The van der Waals surface area contributed by atoms with Gasteiger partial charge < -0.3 is 9.47 Å². The van der Waals surface area contributed by atoms with Gasteiger partial charge in [-0.1, -0.05) is 11.6 Å². The van der Waals surface area contributed by atoms with Crippen molar-refractivity contribution in [2.75, 3.05) is 0 Å². The third-order valence-corrected chi connectivity index (χ3v) is 2.29. The SMILES string of the molecule is ClC1=C(Cl)Oc2cc(Cl)ccc2O1. The summed E-state index contributed by atoms with van der Waals surface area (Å²) >= 11 is 16.9. The summed E-state index contributed by atoms with van der Waals surface area (Å²) in [7, 11) is 0. The number of fused-ring (bicyclic) bond motifs is 1. The van der Waals surface area contributed by atoms with E-state index in [4.69, 9.17) is 44.3 Å². The van der Waals surface area contributed by atoms with Crippen LogP contribution in [0.5, 0.6) is 11.5 Å². The molecule has 0 aromatic heterocycles. The highest BCUT2D eigenvalue weighted by molar-refractivity contribution is 6.38. The molecule has 2 nitrogen and oxygen atoms in total. The molecular weight excluding hydrogens is 234 g/mol. The fourth-order valence-corrected chi connectivity index (χ4v) is 1.32. The average Bonchev–Trinajstić information content (AvgIpc) is 2.08. The van der Waals surface area contributed by atoms with E-state index in [1.165, 1.54) is 0 Å². The summed E-state index contributed by atoms with van der Waals surface area (Å²) in [6.45, 7) is 0. The molecular formula is C8H3Cl3O2. The number of hydrogen-bond acceptors (Lipinski definition) is 2. The van der Waals surface area contributed by atoms with Crippen molar-refractivity contribution >= 4 is 34.8 Å². The van der Waals surface area contributed by atoms with Crippen molar-refractivity contribution < 1.29 is 9.47 Å². The molecule has 1 aromatic carbocycles. The van der Waals surface area contributed by atoms with Gasteiger partial charge in [0.25, 0.3) is 0 Å². The number of ether oxygens (including phenoxy) is 2. The summed E-state index contributed by atoms with van der Waals surface area (Å²) in [5, 5.41) is 0.581. The van der Waals surface area contributed by atoms with E-state index in [0.717, 1.165) is 0 Å². The molecule has 1 heterocycles. The maximum atomic E-state index is 5.73. The van der Waals surface area contributed by atoms with Crippen LogP contribution in [-0.2, 0) is 0 Å². The highest BCUT2D eigenvalue weighted by atomic mass is 35.5. The lowest BCUT2D eigenvalue weighted by Gasteiger charge is -2.16. The molecule has 13 heavy (non-hydrogen) atoms. The predicted molar refractivity (Wildman–Crippen MR) is 51.4 cm³/mol. The van der Waals surface area contributed by atoms with E-state index in [2.05, 4.69) is 0 Å². The zero-order valence-electron chi connectivity index (χ0n) is 6.18. The van der Waals surface area contributed by atoms with Gasteiger partial charge in [-0.2, -0.15) is 0 Å². The third kappa shape index (κ3) is 1.70. The number of benzene rings is 1. The zero-order chi connectivity index (χ0) is 9.42. The van der Waals surface area contributed by atoms with Crippen LogP contribution in [-0.4, -0.2) is 0 Å². The molecule has 0 N–H and O–H groups in total. The topological polar surface area (TPSA) is 18.5 Å². The molecule has 0 spiro atoms. The van der Waals surface area contributed by atoms with Crippen LogP contribution in [0.15, 0.2) is 28.6 Å². The standard InChI is InChI=1S/C8H3Cl3O2/c9-4-1-2-5-6(3-4)13-8(11)7(10)12-5/h1-3H. The smallest absolute Gasteiger partial charge is 0.248 e. The minimum Gasteiger partial charge on any atom is -0.437 e. The second-order valence-corrected chi connectivity index (χ2v) is 3.47. The molecule has 1 aliphatic heterocycles. The molecule has 0 bridgehead atoms. The first kappa shape index (κ1) is 9.00. The monoisotopic (exact) mass is 236 g/mol. The third-order valence-electron chi connectivity index (χ3n) is 1.46. The van der Waals surface area contributed by atoms with E-state index in [1.54, 1.807) is 18.2 Å². The van der Waals surface area contributed by atoms with E-state index in [9.17, 15) is 0 Å². The Labute approximate surface area is 89.6 Å². The molecule has 0 aliphatic carbocycles. The van der Waals surface area contributed by atoms with Gasteiger partial charge in [-0.05, 0) is 35.3 Å². The first-order valence-corrected chi connectivity index (χ1v) is 4.51. The lowest BCUT2D eigenvalue weighted by atomic mass is 10.3. The molecule has 0 atom stereocenters. The second-order valence-electron chi connectivity index (χ2n) is 2.34. The quantitative estimate of drug-likeness (QED) is 0.685. The van der Waals surface area contributed by atoms with E-state index < -0.39 is 0 Å². The first-order valence-electron chi connectivity index (χ1n) is 3.37. The van der Waals surface area contributed by atoms with Gasteiger partial charge in [0.05, 0.1) is 0 Å². The Hall–Kier alpha value is -0.570. The minimum atomic E-state index is 0.0106. The van der Waals surface area contributed by atoms with E-state index >= 15 is 0 Å². The molecule has 1 aromatic rings. The van der Waals surface area contributed by atoms with E-state index in [0.29, 0.717) is 16.5 Å². The average molecular weight is 237 g/mol. The fraction of sp³-hybridized carbons (Fsp3) is 0.